The highest BCUT2D eigenvalue weighted by atomic mass is 32.2. The summed E-state index contributed by atoms with van der Waals surface area (Å²) in [5.74, 6) is 1.36. The summed E-state index contributed by atoms with van der Waals surface area (Å²) in [6.45, 7) is 7.95. The SMILES string of the molecule is Cc1sc2nc(C(C)SCCC(=O)NC(C)c3ccccc3)[nH]c(=O)c2c1C. The van der Waals surface area contributed by atoms with Gasteiger partial charge in [-0.3, -0.25) is 9.59 Å². The summed E-state index contributed by atoms with van der Waals surface area (Å²) in [6, 6.07) is 9.90. The van der Waals surface area contributed by atoms with Crippen LogP contribution in [0.2, 0.25) is 0 Å². The number of carbonyl (C=O) groups excluding carboxylic acids is 1. The fourth-order valence-corrected chi connectivity index (χ4v) is 4.97. The number of nitrogens with one attached hydrogen (secondary N) is 2. The molecule has 28 heavy (non-hydrogen) atoms. The second-order valence-electron chi connectivity index (χ2n) is 6.88. The number of thiophene rings is 1. The van der Waals surface area contributed by atoms with Gasteiger partial charge in [0.1, 0.15) is 10.7 Å². The summed E-state index contributed by atoms with van der Waals surface area (Å²) in [6.07, 6.45) is 0.426. The Morgan fingerprint density at radius 2 is 1.96 bits per heavy atom. The molecule has 2 heterocycles. The largest absolute Gasteiger partial charge is 0.350 e. The molecule has 0 spiro atoms. The Bertz CT molecular complexity index is 1030. The summed E-state index contributed by atoms with van der Waals surface area (Å²) in [7, 11) is 0. The minimum atomic E-state index is -0.0799. The molecule has 3 rings (SSSR count). The monoisotopic (exact) mass is 415 g/mol. The molecule has 2 atom stereocenters. The van der Waals surface area contributed by atoms with E-state index in [1.807, 2.05) is 58.0 Å². The third-order valence-electron chi connectivity index (χ3n) is 4.82. The van der Waals surface area contributed by atoms with E-state index in [-0.39, 0.29) is 22.8 Å². The van der Waals surface area contributed by atoms with Gasteiger partial charge in [-0.25, -0.2) is 4.98 Å². The van der Waals surface area contributed by atoms with E-state index in [4.69, 9.17) is 0 Å². The first-order chi connectivity index (χ1) is 13.4. The molecule has 0 aliphatic rings. The Kier molecular flexibility index (Phi) is 6.57. The van der Waals surface area contributed by atoms with Gasteiger partial charge in [-0.05, 0) is 38.8 Å². The van der Waals surface area contributed by atoms with Crippen LogP contribution in [0.3, 0.4) is 0 Å². The highest BCUT2D eigenvalue weighted by Crippen LogP contribution is 2.30. The van der Waals surface area contributed by atoms with Crippen molar-refractivity contribution < 1.29 is 4.79 Å². The van der Waals surface area contributed by atoms with Crippen LogP contribution in [0.4, 0.5) is 0 Å². The van der Waals surface area contributed by atoms with Crippen LogP contribution in [0.5, 0.6) is 0 Å². The van der Waals surface area contributed by atoms with Gasteiger partial charge in [0, 0.05) is 17.1 Å². The van der Waals surface area contributed by atoms with Gasteiger partial charge in [0.25, 0.3) is 5.56 Å². The van der Waals surface area contributed by atoms with Crippen molar-refractivity contribution in [3.63, 3.8) is 0 Å². The van der Waals surface area contributed by atoms with Gasteiger partial charge >= 0.3 is 0 Å². The number of H-pyrrole nitrogens is 1. The van der Waals surface area contributed by atoms with Crippen LogP contribution in [0.25, 0.3) is 10.2 Å². The number of rotatable bonds is 7. The highest BCUT2D eigenvalue weighted by Gasteiger charge is 2.16. The first-order valence-electron chi connectivity index (χ1n) is 9.32. The van der Waals surface area contributed by atoms with Crippen molar-refractivity contribution in [2.24, 2.45) is 0 Å². The molecule has 0 fully saturated rings. The van der Waals surface area contributed by atoms with Crippen molar-refractivity contribution in [1.82, 2.24) is 15.3 Å². The number of carbonyl (C=O) groups is 1. The third-order valence-corrected chi connectivity index (χ3v) is 7.08. The zero-order valence-electron chi connectivity index (χ0n) is 16.5. The smallest absolute Gasteiger partial charge is 0.259 e. The summed E-state index contributed by atoms with van der Waals surface area (Å²) in [4.78, 5) is 34.1. The zero-order chi connectivity index (χ0) is 20.3. The second kappa shape index (κ2) is 8.92. The number of benzene rings is 1. The summed E-state index contributed by atoms with van der Waals surface area (Å²) < 4.78 is 0. The van der Waals surface area contributed by atoms with Crippen molar-refractivity contribution in [3.05, 3.63) is 62.5 Å². The maximum atomic E-state index is 12.4. The second-order valence-corrected chi connectivity index (χ2v) is 9.53. The fourth-order valence-electron chi connectivity index (χ4n) is 3.01. The summed E-state index contributed by atoms with van der Waals surface area (Å²) >= 11 is 3.17. The quantitative estimate of drug-likeness (QED) is 0.588. The van der Waals surface area contributed by atoms with Crippen LogP contribution in [0, 0.1) is 13.8 Å². The molecule has 0 aliphatic carbocycles. The topological polar surface area (TPSA) is 74.8 Å². The molecule has 1 amide bonds. The van der Waals surface area contributed by atoms with Gasteiger partial charge in [-0.15, -0.1) is 11.3 Å². The van der Waals surface area contributed by atoms with Crippen LogP contribution >= 0.6 is 23.1 Å². The fraction of sp³-hybridized carbons (Fsp3) is 0.381. The molecule has 1 aromatic carbocycles. The van der Waals surface area contributed by atoms with Gasteiger partial charge in [0.05, 0.1) is 16.7 Å². The lowest BCUT2D eigenvalue weighted by atomic mass is 10.1. The van der Waals surface area contributed by atoms with E-state index in [0.29, 0.717) is 23.4 Å². The van der Waals surface area contributed by atoms with Gasteiger partial charge < -0.3 is 10.3 Å². The molecule has 0 saturated carbocycles. The van der Waals surface area contributed by atoms with E-state index in [1.165, 1.54) is 0 Å². The lowest BCUT2D eigenvalue weighted by Gasteiger charge is -2.15. The van der Waals surface area contributed by atoms with Crippen LogP contribution in [-0.4, -0.2) is 21.6 Å². The predicted molar refractivity (Wildman–Crippen MR) is 118 cm³/mol. The first-order valence-corrected chi connectivity index (χ1v) is 11.2. The van der Waals surface area contributed by atoms with E-state index in [1.54, 1.807) is 23.1 Å². The van der Waals surface area contributed by atoms with Gasteiger partial charge in [0.15, 0.2) is 0 Å². The van der Waals surface area contributed by atoms with Gasteiger partial charge in [0.2, 0.25) is 5.91 Å². The normalized spacial score (nSPS) is 13.4. The number of aromatic nitrogens is 2. The summed E-state index contributed by atoms with van der Waals surface area (Å²) in [5.41, 5.74) is 2.02. The molecule has 3 aromatic rings. The van der Waals surface area contributed by atoms with E-state index in [9.17, 15) is 9.59 Å². The van der Waals surface area contributed by atoms with Gasteiger partial charge in [-0.1, -0.05) is 30.3 Å². The molecule has 0 bridgehead atoms. The Balaban J connectivity index is 1.55. The highest BCUT2D eigenvalue weighted by molar-refractivity contribution is 7.99. The molecule has 148 valence electrons. The number of aryl methyl sites for hydroxylation is 2. The molecule has 7 heteroatoms. The van der Waals surface area contributed by atoms with Crippen molar-refractivity contribution in [2.45, 2.75) is 45.4 Å². The van der Waals surface area contributed by atoms with E-state index >= 15 is 0 Å². The molecular weight excluding hydrogens is 390 g/mol. The number of nitrogens with zero attached hydrogens (tertiary/aromatic N) is 1. The Morgan fingerprint density at radius 3 is 2.68 bits per heavy atom. The molecule has 0 radical (unpaired) electrons. The lowest BCUT2D eigenvalue weighted by Crippen LogP contribution is -2.26. The maximum Gasteiger partial charge on any atom is 0.259 e. The number of thioether (sulfide) groups is 1. The third kappa shape index (κ3) is 4.64. The molecule has 2 aromatic heterocycles. The van der Waals surface area contributed by atoms with E-state index < -0.39 is 0 Å². The average molecular weight is 416 g/mol. The van der Waals surface area contributed by atoms with Crippen molar-refractivity contribution in [2.75, 3.05) is 5.75 Å². The number of aromatic amines is 1. The number of fused-ring (bicyclic) bond motifs is 1. The van der Waals surface area contributed by atoms with Gasteiger partial charge in [-0.2, -0.15) is 11.8 Å². The number of amides is 1. The van der Waals surface area contributed by atoms with Crippen LogP contribution in [-0.2, 0) is 4.79 Å². The Hall–Kier alpha value is -2.12. The maximum absolute atomic E-state index is 12.4. The molecule has 0 saturated heterocycles. The van der Waals surface area contributed by atoms with Crippen molar-refractivity contribution in [1.29, 1.82) is 0 Å². The van der Waals surface area contributed by atoms with Crippen LogP contribution < -0.4 is 10.9 Å². The molecular formula is C21H25N3O2S2. The zero-order valence-corrected chi connectivity index (χ0v) is 18.2. The molecule has 5 nitrogen and oxygen atoms in total. The molecule has 2 unspecified atom stereocenters. The first kappa shape index (κ1) is 20.6. The molecule has 2 N–H and O–H groups in total. The number of hydrogen-bond acceptors (Lipinski definition) is 5. The Morgan fingerprint density at radius 1 is 1.25 bits per heavy atom. The van der Waals surface area contributed by atoms with Crippen LogP contribution in [0.1, 0.15) is 53.4 Å². The lowest BCUT2D eigenvalue weighted by molar-refractivity contribution is -0.121. The predicted octanol–water partition coefficient (Wildman–Crippen LogP) is 4.66. The average Bonchev–Trinajstić information content (AvgIpc) is 2.96. The molecule has 0 aliphatic heterocycles. The van der Waals surface area contributed by atoms with Crippen molar-refractivity contribution >= 4 is 39.2 Å². The minimum Gasteiger partial charge on any atom is -0.350 e. The standard InChI is InChI=1S/C21H25N3O2S2/c1-12-14(3)28-21-18(12)20(26)23-19(24-21)15(4)27-11-10-17(25)22-13(2)16-8-6-5-7-9-16/h5-9,13,15H,10-11H2,1-4H3,(H,22,25)(H,23,24,26). The minimum absolute atomic E-state index is 0.0122. The number of hydrogen-bond donors (Lipinski definition) is 2. The van der Waals surface area contributed by atoms with E-state index in [0.717, 1.165) is 20.8 Å². The van der Waals surface area contributed by atoms with Crippen LogP contribution in [0.15, 0.2) is 35.1 Å². The Labute approximate surface area is 173 Å². The van der Waals surface area contributed by atoms with Crippen molar-refractivity contribution in [3.8, 4) is 0 Å². The summed E-state index contributed by atoms with van der Waals surface area (Å²) in [5, 5.41) is 3.73. The van der Waals surface area contributed by atoms with E-state index in [2.05, 4.69) is 15.3 Å².